The van der Waals surface area contributed by atoms with E-state index in [-0.39, 0.29) is 5.60 Å². The monoisotopic (exact) mass is 153 g/mol. The topological polar surface area (TPSA) is 21.6 Å². The summed E-state index contributed by atoms with van der Waals surface area (Å²) in [6.45, 7) is 7.68. The quantitative estimate of drug-likeness (QED) is 0.593. The Kier molecular flexibility index (Phi) is 2.45. The van der Waals surface area contributed by atoms with Gasteiger partial charge in [0.25, 0.3) is 0 Å². The van der Waals surface area contributed by atoms with E-state index in [1.54, 1.807) is 0 Å². The molecule has 2 heteroatoms. The van der Waals surface area contributed by atoms with Gasteiger partial charge in [0.2, 0.25) is 0 Å². The summed E-state index contributed by atoms with van der Waals surface area (Å²) in [5.41, 5.74) is 1.15. The highest BCUT2D eigenvalue weighted by Gasteiger charge is 2.10. The number of hydrogen-bond donors (Lipinski definition) is 0. The van der Waals surface area contributed by atoms with E-state index in [2.05, 4.69) is 31.8 Å². The van der Waals surface area contributed by atoms with Crippen LogP contribution in [0.25, 0.3) is 0 Å². The summed E-state index contributed by atoms with van der Waals surface area (Å²) in [4.78, 5) is 4.07. The molecule has 1 aliphatic heterocycles. The molecule has 0 radical (unpaired) electrons. The van der Waals surface area contributed by atoms with Crippen molar-refractivity contribution in [2.45, 2.75) is 26.4 Å². The molecule has 0 bridgehead atoms. The minimum atomic E-state index is -0.0444. The van der Waals surface area contributed by atoms with Gasteiger partial charge in [0.15, 0.2) is 0 Å². The minimum absolute atomic E-state index is 0.0444. The molecule has 0 N–H and O–H groups in total. The Bertz CT molecular complexity index is 186. The molecular formula is C9H15NO. The molecular weight excluding hydrogens is 138 g/mol. The van der Waals surface area contributed by atoms with Gasteiger partial charge in [-0.1, -0.05) is 6.08 Å². The summed E-state index contributed by atoms with van der Waals surface area (Å²) >= 11 is 0. The molecule has 0 unspecified atom stereocenters. The zero-order valence-electron chi connectivity index (χ0n) is 7.42. The Labute approximate surface area is 68.0 Å². The van der Waals surface area contributed by atoms with Gasteiger partial charge in [0.05, 0.1) is 18.8 Å². The summed E-state index contributed by atoms with van der Waals surface area (Å²) in [7, 11) is 0. The largest absolute Gasteiger partial charge is 0.371 e. The molecule has 0 atom stereocenters. The summed E-state index contributed by atoms with van der Waals surface area (Å²) in [5.74, 6) is 0. The van der Waals surface area contributed by atoms with E-state index in [1.807, 2.05) is 6.21 Å². The first-order valence-electron chi connectivity index (χ1n) is 3.91. The van der Waals surface area contributed by atoms with Gasteiger partial charge >= 0.3 is 0 Å². The van der Waals surface area contributed by atoms with Crippen LogP contribution in [0.15, 0.2) is 16.6 Å². The van der Waals surface area contributed by atoms with Crippen molar-refractivity contribution in [3.8, 4) is 0 Å². The second-order valence-electron chi connectivity index (χ2n) is 3.67. The van der Waals surface area contributed by atoms with Crippen molar-refractivity contribution in [2.75, 3.05) is 13.2 Å². The first-order valence-corrected chi connectivity index (χ1v) is 3.91. The second-order valence-corrected chi connectivity index (χ2v) is 3.67. The molecule has 0 aliphatic carbocycles. The van der Waals surface area contributed by atoms with Crippen LogP contribution in [0.5, 0.6) is 0 Å². The predicted molar refractivity (Wildman–Crippen MR) is 47.1 cm³/mol. The molecule has 1 rings (SSSR count). The molecule has 0 aromatic rings. The minimum Gasteiger partial charge on any atom is -0.371 e. The van der Waals surface area contributed by atoms with E-state index in [0.29, 0.717) is 6.61 Å². The lowest BCUT2D eigenvalue weighted by Crippen LogP contribution is -2.20. The van der Waals surface area contributed by atoms with Crippen molar-refractivity contribution in [1.29, 1.82) is 0 Å². The van der Waals surface area contributed by atoms with Gasteiger partial charge in [-0.2, -0.15) is 0 Å². The lowest BCUT2D eigenvalue weighted by Gasteiger charge is -2.19. The van der Waals surface area contributed by atoms with Crippen LogP contribution in [-0.2, 0) is 4.74 Å². The van der Waals surface area contributed by atoms with Crippen LogP contribution in [0.1, 0.15) is 20.8 Å². The fraction of sp³-hybridized carbons (Fsp3) is 0.667. The lowest BCUT2D eigenvalue weighted by atomic mass is 10.2. The van der Waals surface area contributed by atoms with E-state index in [1.165, 1.54) is 5.57 Å². The van der Waals surface area contributed by atoms with E-state index in [0.717, 1.165) is 6.54 Å². The maximum atomic E-state index is 5.55. The predicted octanol–water partition coefficient (Wildman–Crippen LogP) is 1.81. The maximum Gasteiger partial charge on any atom is 0.0736 e. The molecule has 11 heavy (non-hydrogen) atoms. The molecule has 2 nitrogen and oxygen atoms in total. The third kappa shape index (κ3) is 3.33. The Morgan fingerprint density at radius 1 is 1.55 bits per heavy atom. The normalized spacial score (nSPS) is 17.2. The molecule has 0 saturated carbocycles. The van der Waals surface area contributed by atoms with Crippen LogP contribution in [-0.4, -0.2) is 25.0 Å². The molecule has 1 aliphatic rings. The molecule has 0 spiro atoms. The molecule has 1 heterocycles. The molecule has 62 valence electrons. The van der Waals surface area contributed by atoms with Crippen LogP contribution < -0.4 is 0 Å². The first kappa shape index (κ1) is 8.47. The molecule has 0 fully saturated rings. The van der Waals surface area contributed by atoms with Gasteiger partial charge in [0.1, 0.15) is 0 Å². The zero-order valence-corrected chi connectivity index (χ0v) is 7.42. The average molecular weight is 153 g/mol. The van der Waals surface area contributed by atoms with Crippen molar-refractivity contribution in [1.82, 2.24) is 0 Å². The highest BCUT2D eigenvalue weighted by atomic mass is 16.5. The highest BCUT2D eigenvalue weighted by molar-refractivity contribution is 5.81. The second kappa shape index (κ2) is 3.18. The van der Waals surface area contributed by atoms with Crippen LogP contribution in [0.3, 0.4) is 0 Å². The Hall–Kier alpha value is -0.630. The number of rotatable bonds is 2. The van der Waals surface area contributed by atoms with E-state index >= 15 is 0 Å². The summed E-state index contributed by atoms with van der Waals surface area (Å²) in [5, 5.41) is 0. The van der Waals surface area contributed by atoms with Gasteiger partial charge in [0, 0.05) is 6.21 Å². The van der Waals surface area contributed by atoms with Crippen LogP contribution in [0, 0.1) is 0 Å². The highest BCUT2D eigenvalue weighted by Crippen LogP contribution is 2.09. The van der Waals surface area contributed by atoms with Crippen molar-refractivity contribution in [3.63, 3.8) is 0 Å². The van der Waals surface area contributed by atoms with Gasteiger partial charge < -0.3 is 4.74 Å². The van der Waals surface area contributed by atoms with E-state index in [9.17, 15) is 0 Å². The summed E-state index contributed by atoms with van der Waals surface area (Å²) in [6, 6.07) is 0. The maximum absolute atomic E-state index is 5.55. The molecule has 0 aromatic carbocycles. The fourth-order valence-electron chi connectivity index (χ4n) is 0.789. The summed E-state index contributed by atoms with van der Waals surface area (Å²) < 4.78 is 5.55. The number of hydrogen-bond acceptors (Lipinski definition) is 2. The van der Waals surface area contributed by atoms with E-state index in [4.69, 9.17) is 4.74 Å². The Balaban J connectivity index is 2.28. The molecule has 0 amide bonds. The van der Waals surface area contributed by atoms with Gasteiger partial charge in [-0.15, -0.1) is 0 Å². The third-order valence-electron chi connectivity index (χ3n) is 1.39. The number of nitrogens with zero attached hydrogens (tertiary/aromatic N) is 1. The fourth-order valence-corrected chi connectivity index (χ4v) is 0.789. The molecule has 0 saturated heterocycles. The number of ether oxygens (including phenoxy) is 1. The van der Waals surface area contributed by atoms with Gasteiger partial charge in [-0.05, 0) is 26.3 Å². The van der Waals surface area contributed by atoms with Crippen molar-refractivity contribution in [3.05, 3.63) is 11.6 Å². The Morgan fingerprint density at radius 3 is 2.73 bits per heavy atom. The van der Waals surface area contributed by atoms with Crippen molar-refractivity contribution in [2.24, 2.45) is 4.99 Å². The van der Waals surface area contributed by atoms with Crippen LogP contribution in [0.4, 0.5) is 0 Å². The van der Waals surface area contributed by atoms with E-state index < -0.39 is 0 Å². The smallest absolute Gasteiger partial charge is 0.0736 e. The SMILES string of the molecule is CC(C)(C)OCC1=CCN=C1. The first-order chi connectivity index (χ1) is 5.08. The van der Waals surface area contributed by atoms with Crippen molar-refractivity contribution < 1.29 is 4.74 Å². The zero-order chi connectivity index (χ0) is 8.32. The standard InChI is InChI=1S/C9H15NO/c1-9(2,3)11-7-8-4-5-10-6-8/h4,6H,5,7H2,1-3H3. The summed E-state index contributed by atoms with van der Waals surface area (Å²) in [6.07, 6.45) is 3.97. The molecule has 0 aromatic heterocycles. The van der Waals surface area contributed by atoms with Crippen molar-refractivity contribution >= 4 is 6.21 Å². The van der Waals surface area contributed by atoms with Gasteiger partial charge in [-0.3, -0.25) is 4.99 Å². The van der Waals surface area contributed by atoms with Gasteiger partial charge in [-0.25, -0.2) is 0 Å². The Morgan fingerprint density at radius 2 is 2.27 bits per heavy atom. The van der Waals surface area contributed by atoms with Crippen LogP contribution in [0.2, 0.25) is 0 Å². The van der Waals surface area contributed by atoms with Crippen LogP contribution >= 0.6 is 0 Å². The number of aliphatic imine (C=N–C) groups is 1. The lowest BCUT2D eigenvalue weighted by molar-refractivity contribution is 0.0132. The third-order valence-corrected chi connectivity index (χ3v) is 1.39. The average Bonchev–Trinajstić information content (AvgIpc) is 2.32.